The second-order valence-electron chi connectivity index (χ2n) is 6.30. The number of halogens is 1. The molecule has 2 aromatic heterocycles. The number of carbonyl (C=O) groups excluding carboxylic acids is 1. The number of aryl methyl sites for hydroxylation is 1. The van der Waals surface area contributed by atoms with E-state index in [1.165, 1.54) is 12.3 Å². The number of nitrogens with one attached hydrogen (secondary N) is 2. The minimum Gasteiger partial charge on any atom is -0.356 e. The Morgan fingerprint density at radius 2 is 2.12 bits per heavy atom. The molecule has 7 heteroatoms. The van der Waals surface area contributed by atoms with Crippen LogP contribution in [0, 0.1) is 5.82 Å². The fourth-order valence-electron chi connectivity index (χ4n) is 3.36. The highest BCUT2D eigenvalue weighted by Crippen LogP contribution is 2.27. The van der Waals surface area contributed by atoms with Gasteiger partial charge in [0.15, 0.2) is 0 Å². The van der Waals surface area contributed by atoms with Crippen molar-refractivity contribution in [1.82, 2.24) is 20.1 Å². The van der Waals surface area contributed by atoms with Gasteiger partial charge in [-0.1, -0.05) is 6.07 Å². The molecular formula is C18H17FN4O2. The number of rotatable bonds is 2. The smallest absolute Gasteiger partial charge is 0.252 e. The van der Waals surface area contributed by atoms with Crippen LogP contribution in [0.2, 0.25) is 0 Å². The number of H-pyrrole nitrogens is 1. The fraction of sp³-hybridized carbons (Fsp3) is 0.278. The topological polar surface area (TPSA) is 79.8 Å². The van der Waals surface area contributed by atoms with Gasteiger partial charge in [-0.25, -0.2) is 4.39 Å². The molecule has 0 radical (unpaired) electrons. The lowest BCUT2D eigenvalue weighted by molar-refractivity contribution is -0.123. The van der Waals surface area contributed by atoms with E-state index in [0.29, 0.717) is 40.7 Å². The van der Waals surface area contributed by atoms with E-state index >= 15 is 0 Å². The maximum atomic E-state index is 14.3. The zero-order valence-electron chi connectivity index (χ0n) is 13.7. The summed E-state index contributed by atoms with van der Waals surface area (Å²) in [5, 5.41) is 7.27. The second kappa shape index (κ2) is 5.84. The van der Waals surface area contributed by atoms with Crippen LogP contribution in [-0.2, 0) is 11.8 Å². The standard InChI is InChI=1S/C18H17FN4O2/c1-23-16-8-10(7-14(19)13(16)9-21-23)15-5-4-12(18(25)22-15)11-3-2-6-20-17(11)24/h4-5,7-9,11H,2-3,6H2,1H3,(H,20,24)(H,22,25). The summed E-state index contributed by atoms with van der Waals surface area (Å²) in [6, 6.07) is 6.54. The monoisotopic (exact) mass is 340 g/mol. The first-order valence-corrected chi connectivity index (χ1v) is 8.17. The van der Waals surface area contributed by atoms with E-state index in [9.17, 15) is 14.0 Å². The molecule has 1 unspecified atom stereocenters. The maximum absolute atomic E-state index is 14.3. The third kappa shape index (κ3) is 2.61. The van der Waals surface area contributed by atoms with Crippen LogP contribution >= 0.6 is 0 Å². The summed E-state index contributed by atoms with van der Waals surface area (Å²) in [7, 11) is 1.74. The van der Waals surface area contributed by atoms with Crippen molar-refractivity contribution in [2.45, 2.75) is 18.8 Å². The molecule has 3 aromatic rings. The predicted molar refractivity (Wildman–Crippen MR) is 91.7 cm³/mol. The van der Waals surface area contributed by atoms with Crippen molar-refractivity contribution in [3.8, 4) is 11.3 Å². The van der Waals surface area contributed by atoms with Gasteiger partial charge in [0.25, 0.3) is 5.56 Å². The van der Waals surface area contributed by atoms with Gasteiger partial charge in [0.05, 0.1) is 23.0 Å². The lowest BCUT2D eigenvalue weighted by Gasteiger charge is -2.21. The fourth-order valence-corrected chi connectivity index (χ4v) is 3.36. The molecule has 6 nitrogen and oxygen atoms in total. The van der Waals surface area contributed by atoms with Crippen LogP contribution in [0.15, 0.2) is 35.3 Å². The van der Waals surface area contributed by atoms with Gasteiger partial charge in [-0.15, -0.1) is 0 Å². The van der Waals surface area contributed by atoms with E-state index in [4.69, 9.17) is 0 Å². The summed E-state index contributed by atoms with van der Waals surface area (Å²) < 4.78 is 15.9. The molecule has 4 rings (SSSR count). The van der Waals surface area contributed by atoms with Crippen LogP contribution in [0.25, 0.3) is 22.2 Å². The molecule has 1 atom stereocenters. The van der Waals surface area contributed by atoms with Crippen LogP contribution in [0.4, 0.5) is 4.39 Å². The average Bonchev–Trinajstić information content (AvgIpc) is 2.97. The van der Waals surface area contributed by atoms with Crippen LogP contribution in [0.3, 0.4) is 0 Å². The van der Waals surface area contributed by atoms with E-state index in [1.807, 2.05) is 0 Å². The van der Waals surface area contributed by atoms with E-state index < -0.39 is 11.7 Å². The number of pyridine rings is 1. The quantitative estimate of drug-likeness (QED) is 0.749. The van der Waals surface area contributed by atoms with Gasteiger partial charge in [0.1, 0.15) is 5.82 Å². The highest BCUT2D eigenvalue weighted by Gasteiger charge is 2.26. The van der Waals surface area contributed by atoms with Gasteiger partial charge in [0.2, 0.25) is 5.91 Å². The number of hydrogen-bond acceptors (Lipinski definition) is 3. The normalized spacial score (nSPS) is 17.7. The predicted octanol–water partition coefficient (Wildman–Crippen LogP) is 2.06. The number of amides is 1. The highest BCUT2D eigenvalue weighted by molar-refractivity contribution is 5.85. The second-order valence-corrected chi connectivity index (χ2v) is 6.30. The Kier molecular flexibility index (Phi) is 3.63. The van der Waals surface area contributed by atoms with Gasteiger partial charge < -0.3 is 10.3 Å². The van der Waals surface area contributed by atoms with Crippen molar-refractivity contribution in [3.05, 3.63) is 52.2 Å². The summed E-state index contributed by atoms with van der Waals surface area (Å²) in [5.74, 6) is -0.938. The molecule has 1 aromatic carbocycles. The number of aromatic nitrogens is 3. The molecule has 0 aliphatic carbocycles. The van der Waals surface area contributed by atoms with Crippen LogP contribution in [-0.4, -0.2) is 27.2 Å². The van der Waals surface area contributed by atoms with Crippen molar-refractivity contribution in [3.63, 3.8) is 0 Å². The average molecular weight is 340 g/mol. The van der Waals surface area contributed by atoms with Gasteiger partial charge >= 0.3 is 0 Å². The summed E-state index contributed by atoms with van der Waals surface area (Å²) in [6.45, 7) is 0.648. The van der Waals surface area contributed by atoms with Crippen molar-refractivity contribution in [2.24, 2.45) is 7.05 Å². The molecule has 1 saturated heterocycles. The summed E-state index contributed by atoms with van der Waals surface area (Å²) in [4.78, 5) is 27.2. The number of hydrogen-bond donors (Lipinski definition) is 2. The van der Waals surface area contributed by atoms with Crippen molar-refractivity contribution in [1.29, 1.82) is 0 Å². The molecule has 0 spiro atoms. The largest absolute Gasteiger partial charge is 0.356 e. The Morgan fingerprint density at radius 1 is 1.28 bits per heavy atom. The summed E-state index contributed by atoms with van der Waals surface area (Å²) in [5.41, 5.74) is 1.84. The third-order valence-electron chi connectivity index (χ3n) is 4.73. The first-order valence-electron chi connectivity index (χ1n) is 8.17. The molecular weight excluding hydrogens is 323 g/mol. The molecule has 2 N–H and O–H groups in total. The van der Waals surface area contributed by atoms with E-state index in [1.54, 1.807) is 29.9 Å². The Morgan fingerprint density at radius 3 is 2.88 bits per heavy atom. The Balaban J connectivity index is 1.77. The SMILES string of the molecule is Cn1ncc2c(F)cc(-c3ccc(C4CCCNC4=O)c(=O)[nH]3)cc21. The lowest BCUT2D eigenvalue weighted by Crippen LogP contribution is -2.37. The number of benzene rings is 1. The zero-order valence-corrected chi connectivity index (χ0v) is 13.7. The molecule has 25 heavy (non-hydrogen) atoms. The van der Waals surface area contributed by atoms with Gasteiger partial charge in [-0.05, 0) is 31.0 Å². The van der Waals surface area contributed by atoms with Crippen molar-refractivity contribution in [2.75, 3.05) is 6.54 Å². The molecule has 1 aliphatic rings. The van der Waals surface area contributed by atoms with Crippen LogP contribution < -0.4 is 10.9 Å². The van der Waals surface area contributed by atoms with Crippen molar-refractivity contribution >= 4 is 16.8 Å². The Bertz CT molecular complexity index is 1040. The third-order valence-corrected chi connectivity index (χ3v) is 4.73. The minimum atomic E-state index is -0.428. The molecule has 128 valence electrons. The molecule has 1 aliphatic heterocycles. The molecule has 1 fully saturated rings. The van der Waals surface area contributed by atoms with E-state index in [-0.39, 0.29) is 11.5 Å². The van der Waals surface area contributed by atoms with Gasteiger partial charge in [0, 0.05) is 30.4 Å². The Labute approximate surface area is 142 Å². The van der Waals surface area contributed by atoms with E-state index in [0.717, 1.165) is 6.42 Å². The summed E-state index contributed by atoms with van der Waals surface area (Å²) in [6.07, 6.45) is 2.98. The first-order chi connectivity index (χ1) is 12.0. The molecule has 1 amide bonds. The van der Waals surface area contributed by atoms with Crippen LogP contribution in [0.1, 0.15) is 24.3 Å². The number of nitrogens with zero attached hydrogens (tertiary/aromatic N) is 2. The zero-order chi connectivity index (χ0) is 17.6. The van der Waals surface area contributed by atoms with E-state index in [2.05, 4.69) is 15.4 Å². The molecule has 3 heterocycles. The number of piperidine rings is 1. The molecule has 0 bridgehead atoms. The highest BCUT2D eigenvalue weighted by atomic mass is 19.1. The number of aromatic amines is 1. The minimum absolute atomic E-state index is 0.119. The van der Waals surface area contributed by atoms with Crippen LogP contribution in [0.5, 0.6) is 0 Å². The Hall–Kier alpha value is -2.96. The summed E-state index contributed by atoms with van der Waals surface area (Å²) >= 11 is 0. The molecule has 0 saturated carbocycles. The number of carbonyl (C=O) groups is 1. The first kappa shape index (κ1) is 15.6. The number of fused-ring (bicyclic) bond motifs is 1. The van der Waals surface area contributed by atoms with Gasteiger partial charge in [-0.2, -0.15) is 5.10 Å². The maximum Gasteiger partial charge on any atom is 0.252 e. The van der Waals surface area contributed by atoms with Gasteiger partial charge in [-0.3, -0.25) is 14.3 Å². The van der Waals surface area contributed by atoms with Crippen molar-refractivity contribution < 1.29 is 9.18 Å². The lowest BCUT2D eigenvalue weighted by atomic mass is 9.91.